The molecule has 2 aromatic heterocycles. The summed E-state index contributed by atoms with van der Waals surface area (Å²) < 4.78 is 29.2. The van der Waals surface area contributed by atoms with Crippen molar-refractivity contribution in [1.82, 2.24) is 24.9 Å². The Bertz CT molecular complexity index is 1020. The Labute approximate surface area is 167 Å². The molecule has 150 valence electrons. The molecule has 1 aliphatic heterocycles. The van der Waals surface area contributed by atoms with E-state index in [1.165, 1.54) is 5.69 Å². The van der Waals surface area contributed by atoms with E-state index < -0.39 is 11.6 Å². The van der Waals surface area contributed by atoms with E-state index in [1.807, 2.05) is 11.7 Å². The molecule has 3 heterocycles. The van der Waals surface area contributed by atoms with Gasteiger partial charge in [0.25, 0.3) is 0 Å². The predicted molar refractivity (Wildman–Crippen MR) is 105 cm³/mol. The number of benzene rings is 1. The lowest BCUT2D eigenvalue weighted by atomic mass is 10.1. The highest BCUT2D eigenvalue weighted by Crippen LogP contribution is 2.47. The topological polar surface area (TPSA) is 58.9 Å². The molecular weight excluding hydrogens is 374 g/mol. The van der Waals surface area contributed by atoms with E-state index in [-0.39, 0.29) is 5.56 Å². The van der Waals surface area contributed by atoms with Gasteiger partial charge >= 0.3 is 0 Å². The second-order valence-electron chi connectivity index (χ2n) is 8.02. The number of rotatable bonds is 5. The summed E-state index contributed by atoms with van der Waals surface area (Å²) in [4.78, 5) is 2.44. The van der Waals surface area contributed by atoms with Gasteiger partial charge in [-0.2, -0.15) is 5.10 Å². The quantitative estimate of drug-likeness (QED) is 0.719. The molecule has 6 nitrogen and oxygen atoms in total. The fourth-order valence-electron chi connectivity index (χ4n) is 4.32. The summed E-state index contributed by atoms with van der Waals surface area (Å²) in [6.07, 6.45) is 0. The predicted octanol–water partition coefficient (Wildman–Crippen LogP) is 3.01. The van der Waals surface area contributed by atoms with Crippen molar-refractivity contribution in [3.63, 3.8) is 0 Å². The Morgan fingerprint density at radius 1 is 1.07 bits per heavy atom. The van der Waals surface area contributed by atoms with Gasteiger partial charge < -0.3 is 5.32 Å². The fraction of sp³-hybridized carbons (Fsp3) is 0.381. The van der Waals surface area contributed by atoms with Crippen LogP contribution in [0.4, 0.5) is 14.6 Å². The summed E-state index contributed by atoms with van der Waals surface area (Å²) >= 11 is 0. The molecule has 1 unspecified atom stereocenters. The van der Waals surface area contributed by atoms with Crippen LogP contribution in [-0.4, -0.2) is 44.0 Å². The zero-order chi connectivity index (χ0) is 20.1. The second-order valence-corrected chi connectivity index (χ2v) is 8.02. The van der Waals surface area contributed by atoms with Gasteiger partial charge in [0.05, 0.1) is 11.4 Å². The summed E-state index contributed by atoms with van der Waals surface area (Å²) in [6.45, 7) is 5.03. The van der Waals surface area contributed by atoms with Crippen molar-refractivity contribution in [3.8, 4) is 11.3 Å². The lowest BCUT2D eigenvalue weighted by Crippen LogP contribution is -2.28. The highest BCUT2D eigenvalue weighted by molar-refractivity contribution is 5.60. The van der Waals surface area contributed by atoms with E-state index in [4.69, 9.17) is 0 Å². The number of aryl methyl sites for hydroxylation is 2. The van der Waals surface area contributed by atoms with Crippen molar-refractivity contribution in [2.24, 2.45) is 18.9 Å². The van der Waals surface area contributed by atoms with Crippen molar-refractivity contribution < 1.29 is 8.78 Å². The van der Waals surface area contributed by atoms with Crippen LogP contribution in [-0.2, 0) is 13.6 Å². The largest absolute Gasteiger partial charge is 0.365 e. The molecule has 1 aromatic carbocycles. The Hall–Kier alpha value is -2.87. The number of piperidine rings is 1. The van der Waals surface area contributed by atoms with Crippen LogP contribution >= 0.6 is 0 Å². The third-order valence-corrected chi connectivity index (χ3v) is 6.00. The second kappa shape index (κ2) is 6.88. The Balaban J connectivity index is 1.18. The van der Waals surface area contributed by atoms with Crippen LogP contribution in [0, 0.1) is 30.4 Å². The molecule has 0 radical (unpaired) electrons. The molecule has 2 fully saturated rings. The minimum atomic E-state index is -0.513. The number of hydrogen-bond donors (Lipinski definition) is 1. The molecule has 0 amide bonds. The molecule has 8 heteroatoms. The molecule has 0 bridgehead atoms. The molecule has 29 heavy (non-hydrogen) atoms. The van der Waals surface area contributed by atoms with Crippen molar-refractivity contribution >= 4 is 5.82 Å². The van der Waals surface area contributed by atoms with E-state index in [9.17, 15) is 8.78 Å². The lowest BCUT2D eigenvalue weighted by molar-refractivity contribution is 0.288. The summed E-state index contributed by atoms with van der Waals surface area (Å²) in [5.41, 5.74) is 2.72. The normalized spacial score (nSPS) is 23.2. The average molecular weight is 396 g/mol. The van der Waals surface area contributed by atoms with Gasteiger partial charge in [-0.3, -0.25) is 9.58 Å². The third-order valence-electron chi connectivity index (χ3n) is 6.00. The van der Waals surface area contributed by atoms with Crippen molar-refractivity contribution in [2.75, 3.05) is 18.4 Å². The molecule has 1 aliphatic carbocycles. The molecule has 3 atom stereocenters. The van der Waals surface area contributed by atoms with Crippen LogP contribution in [0.2, 0.25) is 0 Å². The first-order valence-corrected chi connectivity index (χ1v) is 9.75. The van der Waals surface area contributed by atoms with E-state index in [0.29, 0.717) is 29.4 Å². The average Bonchev–Trinajstić information content (AvgIpc) is 3.00. The zero-order valence-electron chi connectivity index (χ0n) is 16.3. The minimum absolute atomic E-state index is 0.118. The number of anilines is 1. The van der Waals surface area contributed by atoms with Gasteiger partial charge in [-0.05, 0) is 55.2 Å². The number of likely N-dealkylation sites (tertiary alicyclic amines) is 1. The summed E-state index contributed by atoms with van der Waals surface area (Å²) in [7, 11) is 1.97. The fourth-order valence-corrected chi connectivity index (χ4v) is 4.32. The first-order valence-electron chi connectivity index (χ1n) is 9.75. The van der Waals surface area contributed by atoms with Crippen LogP contribution in [0.1, 0.15) is 11.4 Å². The molecule has 1 N–H and O–H groups in total. The van der Waals surface area contributed by atoms with Crippen molar-refractivity contribution in [3.05, 3.63) is 59.4 Å². The number of aromatic nitrogens is 4. The van der Waals surface area contributed by atoms with Gasteiger partial charge in [-0.25, -0.2) is 8.78 Å². The minimum Gasteiger partial charge on any atom is -0.365 e. The standard InChI is InChI=1S/C21H22F2N6/c1-12-7-14(27-28(12)2)9-29-10-16-17(11-29)21(16)24-20-6-5-19(25-26-20)15-8-13(22)3-4-18(15)23/h3-8,16-17,21H,9-11H2,1-2H3,(H,24,26)/t16-,17+,21?. The Morgan fingerprint density at radius 2 is 1.86 bits per heavy atom. The van der Waals surface area contributed by atoms with Crippen LogP contribution in [0.25, 0.3) is 11.3 Å². The molecule has 5 rings (SSSR count). The van der Waals surface area contributed by atoms with Crippen LogP contribution in [0.15, 0.2) is 36.4 Å². The number of hydrogen-bond acceptors (Lipinski definition) is 5. The summed E-state index contributed by atoms with van der Waals surface area (Å²) in [6, 6.07) is 9.29. The SMILES string of the molecule is Cc1cc(CN2C[C@@H]3C(Nc4ccc(-c5cc(F)ccc5F)nn4)[C@@H]3C2)nn1C. The maximum Gasteiger partial charge on any atom is 0.148 e. The molecule has 1 saturated heterocycles. The van der Waals surface area contributed by atoms with Crippen LogP contribution < -0.4 is 5.32 Å². The third kappa shape index (κ3) is 3.48. The summed E-state index contributed by atoms with van der Waals surface area (Å²) in [5.74, 6) is 0.851. The van der Waals surface area contributed by atoms with E-state index in [0.717, 1.165) is 43.5 Å². The monoisotopic (exact) mass is 396 g/mol. The van der Waals surface area contributed by atoms with Gasteiger partial charge in [0.1, 0.15) is 17.5 Å². The molecular formula is C21H22F2N6. The maximum atomic E-state index is 13.9. The highest BCUT2D eigenvalue weighted by atomic mass is 19.1. The van der Waals surface area contributed by atoms with Crippen LogP contribution in [0.3, 0.4) is 0 Å². The first-order chi connectivity index (χ1) is 14.0. The number of nitrogens with one attached hydrogen (secondary N) is 1. The van der Waals surface area contributed by atoms with Crippen molar-refractivity contribution in [1.29, 1.82) is 0 Å². The van der Waals surface area contributed by atoms with Crippen LogP contribution in [0.5, 0.6) is 0 Å². The first kappa shape index (κ1) is 18.2. The van der Waals surface area contributed by atoms with Gasteiger partial charge in [-0.15, -0.1) is 10.2 Å². The molecule has 1 saturated carbocycles. The Kier molecular flexibility index (Phi) is 4.31. The van der Waals surface area contributed by atoms with E-state index >= 15 is 0 Å². The lowest BCUT2D eigenvalue weighted by Gasteiger charge is -2.18. The highest BCUT2D eigenvalue weighted by Gasteiger charge is 2.55. The van der Waals surface area contributed by atoms with Gasteiger partial charge in [0, 0.05) is 44.0 Å². The number of halogens is 2. The zero-order valence-corrected chi connectivity index (χ0v) is 16.3. The van der Waals surface area contributed by atoms with Crippen molar-refractivity contribution in [2.45, 2.75) is 19.5 Å². The van der Waals surface area contributed by atoms with Gasteiger partial charge in [0.2, 0.25) is 0 Å². The van der Waals surface area contributed by atoms with Gasteiger partial charge in [-0.1, -0.05) is 0 Å². The maximum absolute atomic E-state index is 13.9. The van der Waals surface area contributed by atoms with E-state index in [2.05, 4.69) is 38.5 Å². The molecule has 2 aliphatic rings. The number of fused-ring (bicyclic) bond motifs is 1. The van der Waals surface area contributed by atoms with E-state index in [1.54, 1.807) is 12.1 Å². The Morgan fingerprint density at radius 3 is 2.52 bits per heavy atom. The number of nitrogens with zero attached hydrogens (tertiary/aromatic N) is 5. The van der Waals surface area contributed by atoms with Gasteiger partial charge in [0.15, 0.2) is 0 Å². The smallest absolute Gasteiger partial charge is 0.148 e. The summed E-state index contributed by atoms with van der Waals surface area (Å²) in [5, 5.41) is 16.2. The molecule has 0 spiro atoms. The molecule has 3 aromatic rings.